The summed E-state index contributed by atoms with van der Waals surface area (Å²) in [5.74, 6) is -1.36. The highest BCUT2D eigenvalue weighted by molar-refractivity contribution is 5.95. The van der Waals surface area contributed by atoms with Crippen LogP contribution in [0, 0.1) is 17.1 Å². The molecule has 5 rings (SSSR count). The van der Waals surface area contributed by atoms with Crippen LogP contribution in [0.25, 0.3) is 22.0 Å². The van der Waals surface area contributed by atoms with Gasteiger partial charge in [-0.1, -0.05) is 36.4 Å². The Morgan fingerprint density at radius 1 is 1.03 bits per heavy atom. The number of benzene rings is 3. The van der Waals surface area contributed by atoms with Crippen LogP contribution >= 0.6 is 0 Å². The zero-order chi connectivity index (χ0) is 26.9. The molecule has 0 radical (unpaired) electrons. The lowest BCUT2D eigenvalue weighted by Gasteiger charge is -2.21. The number of imidazole rings is 1. The van der Waals surface area contributed by atoms with Crippen molar-refractivity contribution >= 4 is 10.9 Å². The molecule has 1 unspecified atom stereocenters. The number of aryl methyl sites for hydroxylation is 1. The number of nitriles is 1. The van der Waals surface area contributed by atoms with E-state index in [-0.39, 0.29) is 12.2 Å². The Bertz CT molecular complexity index is 1660. The van der Waals surface area contributed by atoms with Gasteiger partial charge in [0.05, 0.1) is 47.5 Å². The molecular weight excluding hydrogens is 496 g/mol. The fourth-order valence-electron chi connectivity index (χ4n) is 4.40. The molecule has 5 aromatic rings. The SMILES string of the molecule is Cn1cncc1C(OCc1ccc(C(F)(F)F)c(F)c1)c1ccc(C#N)c(-c2cccc3cccnc23)c1. The average Bonchev–Trinajstić information content (AvgIpc) is 3.33. The molecule has 0 bridgehead atoms. The van der Waals surface area contributed by atoms with Gasteiger partial charge in [-0.15, -0.1) is 0 Å². The highest BCUT2D eigenvalue weighted by atomic mass is 19.4. The molecule has 2 heterocycles. The summed E-state index contributed by atoms with van der Waals surface area (Å²) in [7, 11) is 1.79. The highest BCUT2D eigenvalue weighted by Crippen LogP contribution is 2.35. The fraction of sp³-hybridized carbons (Fsp3) is 0.138. The Labute approximate surface area is 215 Å². The summed E-state index contributed by atoms with van der Waals surface area (Å²) in [5, 5.41) is 10.8. The molecule has 3 aromatic carbocycles. The topological polar surface area (TPSA) is 63.7 Å². The quantitative estimate of drug-likeness (QED) is 0.229. The third-order valence-electron chi connectivity index (χ3n) is 6.27. The molecule has 2 aromatic heterocycles. The van der Waals surface area contributed by atoms with Crippen LogP contribution in [0.5, 0.6) is 0 Å². The first kappa shape index (κ1) is 25.1. The van der Waals surface area contributed by atoms with Crippen LogP contribution in [0.15, 0.2) is 85.5 Å². The minimum absolute atomic E-state index is 0.157. The van der Waals surface area contributed by atoms with Crippen LogP contribution in [0.4, 0.5) is 17.6 Å². The number of fused-ring (bicyclic) bond motifs is 1. The minimum atomic E-state index is -4.78. The van der Waals surface area contributed by atoms with E-state index in [0.29, 0.717) is 28.5 Å². The predicted molar refractivity (Wildman–Crippen MR) is 133 cm³/mol. The van der Waals surface area contributed by atoms with E-state index in [0.717, 1.165) is 22.5 Å². The third-order valence-corrected chi connectivity index (χ3v) is 6.27. The average molecular weight is 516 g/mol. The molecule has 0 aliphatic heterocycles. The molecule has 0 fully saturated rings. The summed E-state index contributed by atoms with van der Waals surface area (Å²) in [4.78, 5) is 8.68. The lowest BCUT2D eigenvalue weighted by molar-refractivity contribution is -0.140. The molecule has 0 spiro atoms. The summed E-state index contributed by atoms with van der Waals surface area (Å²) in [5.41, 5.74) is 2.88. The maximum atomic E-state index is 14.2. The molecule has 0 amide bonds. The standard InChI is InChI=1S/C29H20F4N4O/c1-37-17-35-15-26(37)28(38-16-18-7-10-24(25(30)12-18)29(31,32)33)20-8-9-21(14-34)23(13-20)22-6-2-4-19-5-3-11-36-27(19)22/h2-13,15,17,28H,16H2,1H3. The van der Waals surface area contributed by atoms with Crippen molar-refractivity contribution < 1.29 is 22.3 Å². The molecule has 38 heavy (non-hydrogen) atoms. The Kier molecular flexibility index (Phi) is 6.66. The van der Waals surface area contributed by atoms with E-state index < -0.39 is 23.7 Å². The number of para-hydroxylation sites is 1. The van der Waals surface area contributed by atoms with Crippen molar-refractivity contribution in [2.24, 2.45) is 7.05 Å². The van der Waals surface area contributed by atoms with Gasteiger partial charge in [-0.25, -0.2) is 9.37 Å². The van der Waals surface area contributed by atoms with Gasteiger partial charge in [-0.2, -0.15) is 18.4 Å². The molecule has 0 aliphatic rings. The number of rotatable bonds is 6. The second kappa shape index (κ2) is 10.1. The number of hydrogen-bond donors (Lipinski definition) is 0. The first-order valence-electron chi connectivity index (χ1n) is 11.6. The van der Waals surface area contributed by atoms with Crippen molar-refractivity contribution in [1.29, 1.82) is 5.26 Å². The zero-order valence-electron chi connectivity index (χ0n) is 20.1. The molecule has 0 saturated heterocycles. The number of ether oxygens (including phenoxy) is 1. The van der Waals surface area contributed by atoms with E-state index in [2.05, 4.69) is 16.0 Å². The monoisotopic (exact) mass is 516 g/mol. The van der Waals surface area contributed by atoms with Crippen molar-refractivity contribution in [3.63, 3.8) is 0 Å². The summed E-state index contributed by atoms with van der Waals surface area (Å²) in [6.45, 7) is -0.157. The second-order valence-corrected chi connectivity index (χ2v) is 8.73. The first-order chi connectivity index (χ1) is 18.3. The van der Waals surface area contributed by atoms with Crippen molar-refractivity contribution in [2.75, 3.05) is 0 Å². The Morgan fingerprint density at radius 3 is 2.55 bits per heavy atom. The summed E-state index contributed by atoms with van der Waals surface area (Å²) in [6.07, 6.45) is -0.581. The van der Waals surface area contributed by atoms with E-state index in [1.54, 1.807) is 42.5 Å². The Hall–Kier alpha value is -4.55. The number of nitrogens with zero attached hydrogens (tertiary/aromatic N) is 4. The molecule has 1 atom stereocenters. The van der Waals surface area contributed by atoms with Crippen molar-refractivity contribution in [1.82, 2.24) is 14.5 Å². The number of aromatic nitrogens is 3. The van der Waals surface area contributed by atoms with Gasteiger partial charge >= 0.3 is 6.18 Å². The molecule has 190 valence electrons. The summed E-state index contributed by atoms with van der Waals surface area (Å²) in [6, 6.07) is 19.7. The van der Waals surface area contributed by atoms with E-state index >= 15 is 0 Å². The number of hydrogen-bond acceptors (Lipinski definition) is 4. The Balaban J connectivity index is 1.55. The Morgan fingerprint density at radius 2 is 1.84 bits per heavy atom. The van der Waals surface area contributed by atoms with Gasteiger partial charge in [0.15, 0.2) is 0 Å². The van der Waals surface area contributed by atoms with Crippen LogP contribution < -0.4 is 0 Å². The fourth-order valence-corrected chi connectivity index (χ4v) is 4.40. The lowest BCUT2D eigenvalue weighted by atomic mass is 9.93. The van der Waals surface area contributed by atoms with Gasteiger partial charge in [0.2, 0.25) is 0 Å². The van der Waals surface area contributed by atoms with Gasteiger partial charge < -0.3 is 9.30 Å². The van der Waals surface area contributed by atoms with Crippen LogP contribution in [0.3, 0.4) is 0 Å². The molecule has 0 aliphatic carbocycles. The zero-order valence-corrected chi connectivity index (χ0v) is 20.1. The van der Waals surface area contributed by atoms with Crippen LogP contribution in [0.2, 0.25) is 0 Å². The van der Waals surface area contributed by atoms with Crippen molar-refractivity contribution in [2.45, 2.75) is 18.9 Å². The van der Waals surface area contributed by atoms with E-state index in [4.69, 9.17) is 4.74 Å². The number of alkyl halides is 3. The van der Waals surface area contributed by atoms with E-state index in [1.807, 2.05) is 36.4 Å². The van der Waals surface area contributed by atoms with Crippen LogP contribution in [0.1, 0.15) is 34.1 Å². The van der Waals surface area contributed by atoms with E-state index in [9.17, 15) is 22.8 Å². The lowest BCUT2D eigenvalue weighted by Crippen LogP contribution is -2.12. The third kappa shape index (κ3) is 4.86. The summed E-state index contributed by atoms with van der Waals surface area (Å²) < 4.78 is 61.0. The van der Waals surface area contributed by atoms with E-state index in [1.165, 1.54) is 6.07 Å². The van der Waals surface area contributed by atoms with Crippen molar-refractivity contribution in [3.8, 4) is 17.2 Å². The summed E-state index contributed by atoms with van der Waals surface area (Å²) >= 11 is 0. The molecule has 0 N–H and O–H groups in total. The molecular formula is C29H20F4N4O. The number of pyridine rings is 1. The predicted octanol–water partition coefficient (Wildman–Crippen LogP) is 6.97. The van der Waals surface area contributed by atoms with Gasteiger partial charge in [-0.3, -0.25) is 4.98 Å². The highest BCUT2D eigenvalue weighted by Gasteiger charge is 2.34. The minimum Gasteiger partial charge on any atom is -0.363 e. The van der Waals surface area contributed by atoms with Crippen LogP contribution in [-0.4, -0.2) is 14.5 Å². The molecule has 0 saturated carbocycles. The molecule has 9 heteroatoms. The maximum Gasteiger partial charge on any atom is 0.419 e. The maximum absolute atomic E-state index is 14.2. The molecule has 5 nitrogen and oxygen atoms in total. The number of halogens is 4. The van der Waals surface area contributed by atoms with Gasteiger partial charge in [0, 0.05) is 29.8 Å². The van der Waals surface area contributed by atoms with Crippen LogP contribution in [-0.2, 0) is 24.6 Å². The van der Waals surface area contributed by atoms with Crippen molar-refractivity contribution in [3.05, 3.63) is 119 Å². The smallest absolute Gasteiger partial charge is 0.363 e. The first-order valence-corrected chi connectivity index (χ1v) is 11.6. The normalized spacial score (nSPS) is 12.4. The van der Waals surface area contributed by atoms with Gasteiger partial charge in [0.25, 0.3) is 0 Å². The second-order valence-electron chi connectivity index (χ2n) is 8.73. The van der Waals surface area contributed by atoms with Gasteiger partial charge in [0.1, 0.15) is 11.9 Å². The van der Waals surface area contributed by atoms with Gasteiger partial charge in [-0.05, 0) is 41.5 Å². The largest absolute Gasteiger partial charge is 0.419 e.